The number of aromatic nitrogens is 1. The van der Waals surface area contributed by atoms with Gasteiger partial charge in [-0.25, -0.2) is 4.79 Å². The minimum atomic E-state index is -1.01. The van der Waals surface area contributed by atoms with Crippen LogP contribution in [0.2, 0.25) is 0 Å². The average Bonchev–Trinajstić information content (AvgIpc) is 2.15. The van der Waals surface area contributed by atoms with Gasteiger partial charge in [-0.2, -0.15) is 0 Å². The first-order valence-electron chi connectivity index (χ1n) is 4.01. The van der Waals surface area contributed by atoms with Crippen molar-refractivity contribution in [3.05, 3.63) is 30.1 Å². The van der Waals surface area contributed by atoms with E-state index in [1.54, 1.807) is 31.3 Å². The molecule has 0 amide bonds. The molecular weight excluding hydrogens is 206 g/mol. The molecule has 1 rings (SSSR count). The number of carboxylic acids is 1. The number of hydrogen-bond donors (Lipinski definition) is 1. The van der Waals surface area contributed by atoms with Crippen LogP contribution in [0, 0.1) is 0 Å². The first-order chi connectivity index (χ1) is 6.25. The number of hydrogen-bond acceptors (Lipinski definition) is 3. The highest BCUT2D eigenvalue weighted by atomic mass is 35.5. The molecule has 0 bridgehead atoms. The van der Waals surface area contributed by atoms with Crippen LogP contribution in [0.1, 0.15) is 18.7 Å². The van der Waals surface area contributed by atoms with E-state index < -0.39 is 12.1 Å². The first-order valence-corrected chi connectivity index (χ1v) is 4.01. The highest BCUT2D eigenvalue weighted by Crippen LogP contribution is 2.13. The summed E-state index contributed by atoms with van der Waals surface area (Å²) in [7, 11) is 0. The largest absolute Gasteiger partial charge is 0.479 e. The molecule has 14 heavy (non-hydrogen) atoms. The number of carbonyl (C=O) groups is 1. The number of nitrogens with zero attached hydrogens (tertiary/aromatic N) is 1. The van der Waals surface area contributed by atoms with Gasteiger partial charge in [-0.3, -0.25) is 4.98 Å². The van der Waals surface area contributed by atoms with E-state index in [1.807, 2.05) is 0 Å². The monoisotopic (exact) mass is 217 g/mol. The number of carboxylic acid groups (broad SMARTS) is 1. The summed E-state index contributed by atoms with van der Waals surface area (Å²) in [5.41, 5.74) is 0.428. The molecule has 1 unspecified atom stereocenters. The van der Waals surface area contributed by atoms with Crippen LogP contribution < -0.4 is 0 Å². The van der Waals surface area contributed by atoms with Gasteiger partial charge in [-0.1, -0.05) is 6.07 Å². The minimum absolute atomic E-state index is 0. The van der Waals surface area contributed by atoms with Crippen molar-refractivity contribution in [3.63, 3.8) is 0 Å². The zero-order valence-corrected chi connectivity index (χ0v) is 8.53. The fraction of sp³-hybridized carbons (Fsp3) is 0.333. The molecule has 0 aromatic carbocycles. The number of rotatable bonds is 4. The van der Waals surface area contributed by atoms with Crippen LogP contribution >= 0.6 is 12.4 Å². The molecule has 0 saturated heterocycles. The second-order valence-corrected chi connectivity index (χ2v) is 2.43. The van der Waals surface area contributed by atoms with Gasteiger partial charge in [0.25, 0.3) is 0 Å². The zero-order chi connectivity index (χ0) is 9.68. The Labute approximate surface area is 88.3 Å². The summed E-state index contributed by atoms with van der Waals surface area (Å²) >= 11 is 0. The van der Waals surface area contributed by atoms with Gasteiger partial charge in [-0.05, 0) is 19.1 Å². The van der Waals surface area contributed by atoms with Gasteiger partial charge < -0.3 is 9.84 Å². The average molecular weight is 218 g/mol. The Kier molecular flexibility index (Phi) is 5.83. The van der Waals surface area contributed by atoms with Crippen molar-refractivity contribution in [2.75, 3.05) is 6.61 Å². The van der Waals surface area contributed by atoms with Gasteiger partial charge in [0.1, 0.15) is 0 Å². The van der Waals surface area contributed by atoms with E-state index in [1.165, 1.54) is 0 Å². The molecule has 0 aliphatic heterocycles. The van der Waals surface area contributed by atoms with Gasteiger partial charge in [0.15, 0.2) is 6.10 Å². The second kappa shape index (κ2) is 6.34. The molecule has 1 heterocycles. The molecule has 5 heteroatoms. The molecule has 0 spiro atoms. The van der Waals surface area contributed by atoms with Gasteiger partial charge >= 0.3 is 5.97 Å². The standard InChI is InChI=1S/C9H11NO3.ClH/c1-2-13-8(9(11)12)7-5-3-4-6-10-7;/h3-6,8H,2H2,1H3,(H,11,12);1H. The van der Waals surface area contributed by atoms with E-state index >= 15 is 0 Å². The third kappa shape index (κ3) is 3.32. The lowest BCUT2D eigenvalue weighted by Gasteiger charge is -2.10. The summed E-state index contributed by atoms with van der Waals surface area (Å²) in [4.78, 5) is 14.6. The smallest absolute Gasteiger partial charge is 0.339 e. The summed E-state index contributed by atoms with van der Waals surface area (Å²) in [5.74, 6) is -1.01. The maximum absolute atomic E-state index is 10.7. The molecule has 1 aromatic heterocycles. The fourth-order valence-electron chi connectivity index (χ4n) is 0.981. The Bertz CT molecular complexity index is 279. The van der Waals surface area contributed by atoms with Crippen molar-refractivity contribution >= 4 is 18.4 Å². The lowest BCUT2D eigenvalue weighted by atomic mass is 10.2. The third-order valence-corrected chi connectivity index (χ3v) is 1.51. The van der Waals surface area contributed by atoms with Crippen LogP contribution in [0.25, 0.3) is 0 Å². The third-order valence-electron chi connectivity index (χ3n) is 1.51. The van der Waals surface area contributed by atoms with Crippen molar-refractivity contribution in [1.29, 1.82) is 0 Å². The molecular formula is C9H12ClNO3. The summed E-state index contributed by atoms with van der Waals surface area (Å²) in [6.07, 6.45) is 0.593. The van der Waals surface area contributed by atoms with Gasteiger partial charge in [0, 0.05) is 12.8 Å². The van der Waals surface area contributed by atoms with Crippen molar-refractivity contribution in [1.82, 2.24) is 4.98 Å². The number of aliphatic carboxylic acids is 1. The van der Waals surface area contributed by atoms with Crippen LogP contribution in [0.3, 0.4) is 0 Å². The molecule has 0 aliphatic carbocycles. The van der Waals surface area contributed by atoms with Crippen molar-refractivity contribution in [2.24, 2.45) is 0 Å². The van der Waals surface area contributed by atoms with Crippen LogP contribution in [-0.4, -0.2) is 22.7 Å². The SMILES string of the molecule is CCOC(C(=O)O)c1ccccn1.Cl. The molecule has 0 radical (unpaired) electrons. The maximum atomic E-state index is 10.7. The quantitative estimate of drug-likeness (QED) is 0.834. The molecule has 1 aromatic rings. The minimum Gasteiger partial charge on any atom is -0.479 e. The van der Waals surface area contributed by atoms with Crippen molar-refractivity contribution < 1.29 is 14.6 Å². The Balaban J connectivity index is 0.00000169. The lowest BCUT2D eigenvalue weighted by molar-refractivity contribution is -0.150. The highest BCUT2D eigenvalue weighted by molar-refractivity contribution is 5.85. The Morgan fingerprint density at radius 1 is 1.64 bits per heavy atom. The van der Waals surface area contributed by atoms with Crippen LogP contribution in [0.5, 0.6) is 0 Å². The van der Waals surface area contributed by atoms with Gasteiger partial charge in [0.2, 0.25) is 0 Å². The van der Waals surface area contributed by atoms with Crippen LogP contribution in [0.4, 0.5) is 0 Å². The lowest BCUT2D eigenvalue weighted by Crippen LogP contribution is -2.16. The van der Waals surface area contributed by atoms with E-state index in [9.17, 15) is 4.79 Å². The second-order valence-electron chi connectivity index (χ2n) is 2.43. The molecule has 1 N–H and O–H groups in total. The highest BCUT2D eigenvalue weighted by Gasteiger charge is 2.20. The summed E-state index contributed by atoms with van der Waals surface area (Å²) in [6, 6.07) is 5.10. The number of ether oxygens (including phenoxy) is 1. The molecule has 1 atom stereocenters. The molecule has 0 fully saturated rings. The summed E-state index contributed by atoms with van der Waals surface area (Å²) in [5, 5.41) is 8.79. The van der Waals surface area contributed by atoms with Gasteiger partial charge in [-0.15, -0.1) is 12.4 Å². The van der Waals surface area contributed by atoms with Crippen LogP contribution in [0.15, 0.2) is 24.4 Å². The molecule has 0 saturated carbocycles. The van der Waals surface area contributed by atoms with E-state index in [4.69, 9.17) is 9.84 Å². The van der Waals surface area contributed by atoms with Gasteiger partial charge in [0.05, 0.1) is 5.69 Å². The van der Waals surface area contributed by atoms with E-state index in [2.05, 4.69) is 4.98 Å². The molecule has 4 nitrogen and oxygen atoms in total. The molecule has 0 aliphatic rings. The first kappa shape index (κ1) is 12.9. The fourth-order valence-corrected chi connectivity index (χ4v) is 0.981. The number of halogens is 1. The van der Waals surface area contributed by atoms with E-state index in [0.29, 0.717) is 12.3 Å². The topological polar surface area (TPSA) is 59.4 Å². The Hall–Kier alpha value is -1.13. The van der Waals surface area contributed by atoms with Crippen LogP contribution in [-0.2, 0) is 9.53 Å². The zero-order valence-electron chi connectivity index (χ0n) is 7.71. The summed E-state index contributed by atoms with van der Waals surface area (Å²) in [6.45, 7) is 2.10. The van der Waals surface area contributed by atoms with Crippen molar-refractivity contribution in [2.45, 2.75) is 13.0 Å². The summed E-state index contributed by atoms with van der Waals surface area (Å²) < 4.78 is 5.03. The normalized spacial score (nSPS) is 11.5. The predicted octanol–water partition coefficient (Wildman–Crippen LogP) is 1.67. The Morgan fingerprint density at radius 2 is 2.36 bits per heavy atom. The predicted molar refractivity (Wildman–Crippen MR) is 53.5 cm³/mol. The Morgan fingerprint density at radius 3 is 2.79 bits per heavy atom. The van der Waals surface area contributed by atoms with E-state index in [-0.39, 0.29) is 12.4 Å². The number of pyridine rings is 1. The van der Waals surface area contributed by atoms with E-state index in [0.717, 1.165) is 0 Å². The maximum Gasteiger partial charge on any atom is 0.339 e. The van der Waals surface area contributed by atoms with Crippen molar-refractivity contribution in [3.8, 4) is 0 Å². The molecule has 78 valence electrons.